The second kappa shape index (κ2) is 4.52. The molecule has 2 atom stereocenters. The van der Waals surface area contributed by atoms with Gasteiger partial charge in [0.05, 0.1) is 23.3 Å². The molecule has 3 rings (SSSR count). The van der Waals surface area contributed by atoms with Crippen molar-refractivity contribution in [1.82, 2.24) is 9.97 Å². The molecule has 1 aromatic rings. The van der Waals surface area contributed by atoms with Crippen molar-refractivity contribution in [1.29, 1.82) is 5.26 Å². The number of rotatable bonds is 2. The standard InChI is InChI=1S/C13H15N3OS/c1-18-11-4-5-15-12(16-11)13(8-14)6-9-2-3-10(7-13)17-9/h4-5,9-10H,2-3,6-7H2,1H3. The number of hydrogen-bond donors (Lipinski definition) is 0. The predicted molar refractivity (Wildman–Crippen MR) is 68.2 cm³/mol. The number of fused-ring (bicyclic) bond motifs is 2. The molecular weight excluding hydrogens is 246 g/mol. The molecule has 3 heterocycles. The monoisotopic (exact) mass is 261 g/mol. The van der Waals surface area contributed by atoms with Crippen LogP contribution in [0.5, 0.6) is 0 Å². The Hall–Kier alpha value is -1.12. The van der Waals surface area contributed by atoms with Crippen molar-refractivity contribution >= 4 is 11.8 Å². The molecule has 0 spiro atoms. The molecule has 0 amide bonds. The van der Waals surface area contributed by atoms with Gasteiger partial charge < -0.3 is 4.74 Å². The van der Waals surface area contributed by atoms with Gasteiger partial charge in [0.2, 0.25) is 0 Å². The van der Waals surface area contributed by atoms with Crippen LogP contribution in [0, 0.1) is 11.3 Å². The molecular formula is C13H15N3OS. The lowest BCUT2D eigenvalue weighted by Gasteiger charge is -2.34. The number of thioether (sulfide) groups is 1. The zero-order valence-electron chi connectivity index (χ0n) is 10.3. The van der Waals surface area contributed by atoms with Gasteiger partial charge in [-0.2, -0.15) is 5.26 Å². The van der Waals surface area contributed by atoms with Gasteiger partial charge in [-0.25, -0.2) is 9.97 Å². The molecule has 2 fully saturated rings. The van der Waals surface area contributed by atoms with E-state index in [1.165, 1.54) is 0 Å². The number of aromatic nitrogens is 2. The topological polar surface area (TPSA) is 58.8 Å². The zero-order chi connectivity index (χ0) is 12.6. The molecule has 0 N–H and O–H groups in total. The summed E-state index contributed by atoms with van der Waals surface area (Å²) in [5.41, 5.74) is -0.546. The van der Waals surface area contributed by atoms with Crippen LogP contribution in [0.3, 0.4) is 0 Å². The zero-order valence-corrected chi connectivity index (χ0v) is 11.1. The summed E-state index contributed by atoms with van der Waals surface area (Å²) in [6, 6.07) is 4.35. The Morgan fingerprint density at radius 3 is 2.78 bits per heavy atom. The van der Waals surface area contributed by atoms with Gasteiger partial charge in [0, 0.05) is 6.20 Å². The van der Waals surface area contributed by atoms with Gasteiger partial charge in [-0.3, -0.25) is 0 Å². The third kappa shape index (κ3) is 1.90. The molecule has 2 unspecified atom stereocenters. The Morgan fingerprint density at radius 2 is 2.17 bits per heavy atom. The minimum absolute atomic E-state index is 0.213. The van der Waals surface area contributed by atoms with Gasteiger partial charge in [-0.05, 0) is 38.0 Å². The van der Waals surface area contributed by atoms with Gasteiger partial charge in [0.1, 0.15) is 11.2 Å². The first kappa shape index (κ1) is 11.9. The Bertz CT molecular complexity index is 487. The largest absolute Gasteiger partial charge is 0.375 e. The molecule has 2 aliphatic rings. The Labute approximate surface area is 111 Å². The van der Waals surface area contributed by atoms with Crippen LogP contribution in [0.15, 0.2) is 17.3 Å². The van der Waals surface area contributed by atoms with Gasteiger partial charge >= 0.3 is 0 Å². The first-order chi connectivity index (χ1) is 8.75. The number of nitrogens with zero attached hydrogens (tertiary/aromatic N) is 3. The maximum absolute atomic E-state index is 9.63. The highest BCUT2D eigenvalue weighted by molar-refractivity contribution is 7.98. The fourth-order valence-electron chi connectivity index (χ4n) is 2.95. The molecule has 1 aromatic heterocycles. The molecule has 0 aliphatic carbocycles. The van der Waals surface area contributed by atoms with Gasteiger partial charge in [0.15, 0.2) is 0 Å². The lowest BCUT2D eigenvalue weighted by molar-refractivity contribution is -0.0202. The van der Waals surface area contributed by atoms with Crippen molar-refractivity contribution in [2.45, 2.75) is 48.3 Å². The van der Waals surface area contributed by atoms with Crippen LogP contribution in [0.1, 0.15) is 31.5 Å². The molecule has 2 saturated heterocycles. The highest BCUT2D eigenvalue weighted by Crippen LogP contribution is 2.44. The van der Waals surface area contributed by atoms with E-state index in [9.17, 15) is 5.26 Å². The van der Waals surface area contributed by atoms with Crippen LogP contribution in [0.25, 0.3) is 0 Å². The molecule has 5 heteroatoms. The number of hydrogen-bond acceptors (Lipinski definition) is 5. The Kier molecular flexibility index (Phi) is 3.00. The second-order valence-corrected chi connectivity index (χ2v) is 5.81. The highest BCUT2D eigenvalue weighted by Gasteiger charge is 2.48. The molecule has 0 saturated carbocycles. The lowest BCUT2D eigenvalue weighted by Crippen LogP contribution is -2.39. The lowest BCUT2D eigenvalue weighted by atomic mass is 9.78. The van der Waals surface area contributed by atoms with E-state index in [0.29, 0.717) is 5.82 Å². The summed E-state index contributed by atoms with van der Waals surface area (Å²) in [4.78, 5) is 8.88. The fraction of sp³-hybridized carbons (Fsp3) is 0.615. The van der Waals surface area contributed by atoms with Crippen molar-refractivity contribution in [3.05, 3.63) is 18.1 Å². The van der Waals surface area contributed by atoms with Crippen molar-refractivity contribution in [3.63, 3.8) is 0 Å². The van der Waals surface area contributed by atoms with Crippen LogP contribution < -0.4 is 0 Å². The van der Waals surface area contributed by atoms with E-state index >= 15 is 0 Å². The molecule has 0 aromatic carbocycles. The number of nitriles is 1. The molecule has 4 nitrogen and oxygen atoms in total. The smallest absolute Gasteiger partial charge is 0.149 e. The number of ether oxygens (including phenoxy) is 1. The summed E-state index contributed by atoms with van der Waals surface area (Å²) in [7, 11) is 0. The van der Waals surface area contributed by atoms with Gasteiger partial charge in [0.25, 0.3) is 0 Å². The van der Waals surface area contributed by atoms with Crippen LogP contribution in [-0.4, -0.2) is 28.4 Å². The molecule has 0 radical (unpaired) electrons. The van der Waals surface area contributed by atoms with E-state index in [-0.39, 0.29) is 12.2 Å². The van der Waals surface area contributed by atoms with Crippen LogP contribution >= 0.6 is 11.8 Å². The minimum Gasteiger partial charge on any atom is -0.375 e. The molecule has 2 aliphatic heterocycles. The van der Waals surface area contributed by atoms with Crippen LogP contribution in [0.4, 0.5) is 0 Å². The minimum atomic E-state index is -0.546. The second-order valence-electron chi connectivity index (χ2n) is 4.98. The maximum atomic E-state index is 9.63. The molecule has 94 valence electrons. The van der Waals surface area contributed by atoms with Crippen molar-refractivity contribution < 1.29 is 4.74 Å². The first-order valence-electron chi connectivity index (χ1n) is 6.20. The van der Waals surface area contributed by atoms with E-state index < -0.39 is 5.41 Å². The van der Waals surface area contributed by atoms with Gasteiger partial charge in [-0.15, -0.1) is 11.8 Å². The SMILES string of the molecule is CSc1ccnc(C2(C#N)CC3CCC(C2)O3)n1. The Balaban J connectivity index is 1.98. The molecule has 2 bridgehead atoms. The van der Waals surface area contributed by atoms with E-state index in [1.807, 2.05) is 12.3 Å². The van der Waals surface area contributed by atoms with Crippen molar-refractivity contribution in [3.8, 4) is 6.07 Å². The normalized spacial score (nSPS) is 34.2. The third-order valence-corrected chi connectivity index (χ3v) is 4.47. The fourth-order valence-corrected chi connectivity index (χ4v) is 3.33. The predicted octanol–water partition coefficient (Wildman–Crippen LogP) is 2.30. The maximum Gasteiger partial charge on any atom is 0.149 e. The average molecular weight is 261 g/mol. The molecule has 18 heavy (non-hydrogen) atoms. The summed E-state index contributed by atoms with van der Waals surface area (Å²) in [6.07, 6.45) is 7.76. The van der Waals surface area contributed by atoms with Crippen molar-refractivity contribution in [2.24, 2.45) is 0 Å². The Morgan fingerprint density at radius 1 is 1.44 bits per heavy atom. The van der Waals surface area contributed by atoms with Gasteiger partial charge in [-0.1, -0.05) is 0 Å². The summed E-state index contributed by atoms with van der Waals surface area (Å²) < 4.78 is 5.82. The summed E-state index contributed by atoms with van der Waals surface area (Å²) >= 11 is 1.58. The van der Waals surface area contributed by atoms with E-state index in [4.69, 9.17) is 4.74 Å². The quantitative estimate of drug-likeness (QED) is 0.604. The third-order valence-electron chi connectivity index (χ3n) is 3.83. The highest BCUT2D eigenvalue weighted by atomic mass is 32.2. The summed E-state index contributed by atoms with van der Waals surface area (Å²) in [5, 5.41) is 10.6. The summed E-state index contributed by atoms with van der Waals surface area (Å²) in [6.45, 7) is 0. The van der Waals surface area contributed by atoms with Crippen LogP contribution in [0.2, 0.25) is 0 Å². The van der Waals surface area contributed by atoms with Crippen LogP contribution in [-0.2, 0) is 10.2 Å². The van der Waals surface area contributed by atoms with E-state index in [1.54, 1.807) is 18.0 Å². The first-order valence-corrected chi connectivity index (χ1v) is 7.42. The van der Waals surface area contributed by atoms with Crippen molar-refractivity contribution in [2.75, 3.05) is 6.26 Å². The van der Waals surface area contributed by atoms with E-state index in [0.717, 1.165) is 30.7 Å². The van der Waals surface area contributed by atoms with E-state index in [2.05, 4.69) is 16.0 Å². The summed E-state index contributed by atoms with van der Waals surface area (Å²) in [5.74, 6) is 0.678. The average Bonchev–Trinajstić information content (AvgIpc) is 2.78.